The van der Waals surface area contributed by atoms with Crippen molar-refractivity contribution in [3.8, 4) is 28.7 Å². The molecule has 0 saturated heterocycles. The van der Waals surface area contributed by atoms with E-state index in [0.717, 1.165) is 0 Å². The number of methoxy groups -OCH3 is 3. The normalized spacial score (nSPS) is 10.0. The van der Waals surface area contributed by atoms with Crippen LogP contribution in [0.5, 0.6) is 28.7 Å². The molecule has 2 aromatic rings. The van der Waals surface area contributed by atoms with Gasteiger partial charge in [-0.1, -0.05) is 6.07 Å². The van der Waals surface area contributed by atoms with Gasteiger partial charge in [-0.3, -0.25) is 4.79 Å². The van der Waals surface area contributed by atoms with Gasteiger partial charge in [0.1, 0.15) is 17.2 Å². The second-order valence-electron chi connectivity index (χ2n) is 4.67. The fourth-order valence-electron chi connectivity index (χ4n) is 2.09. The van der Waals surface area contributed by atoms with Crippen molar-refractivity contribution in [2.45, 2.75) is 6.42 Å². The summed E-state index contributed by atoms with van der Waals surface area (Å²) in [5.41, 5.74) is 0.484. The predicted octanol–water partition coefficient (Wildman–Crippen LogP) is 3.13. The molecule has 6 heteroatoms. The van der Waals surface area contributed by atoms with Crippen LogP contribution in [0.15, 0.2) is 36.4 Å². The summed E-state index contributed by atoms with van der Waals surface area (Å²) in [4.78, 5) is 11.1. The lowest BCUT2D eigenvalue weighted by Crippen LogP contribution is -2.03. The molecule has 2 aromatic carbocycles. The molecule has 0 aromatic heterocycles. The minimum atomic E-state index is -0.965. The van der Waals surface area contributed by atoms with Crippen LogP contribution in [0.3, 0.4) is 0 Å². The molecule has 0 unspecified atom stereocenters. The Morgan fingerprint density at radius 1 is 0.913 bits per heavy atom. The first kappa shape index (κ1) is 16.5. The van der Waals surface area contributed by atoms with Gasteiger partial charge in [-0.2, -0.15) is 0 Å². The average molecular weight is 318 g/mol. The summed E-state index contributed by atoms with van der Waals surface area (Å²) in [6, 6.07) is 10.2. The summed E-state index contributed by atoms with van der Waals surface area (Å²) in [6.45, 7) is 0. The van der Waals surface area contributed by atoms with E-state index in [1.54, 1.807) is 43.5 Å². The number of hydrogen-bond acceptors (Lipinski definition) is 5. The first-order valence-electron chi connectivity index (χ1n) is 6.86. The number of hydrogen-bond donors (Lipinski definition) is 1. The number of rotatable bonds is 7. The second-order valence-corrected chi connectivity index (χ2v) is 4.67. The molecule has 122 valence electrons. The van der Waals surface area contributed by atoms with E-state index in [2.05, 4.69) is 0 Å². The third-order valence-electron chi connectivity index (χ3n) is 3.18. The minimum absolute atomic E-state index is 0.195. The third-order valence-corrected chi connectivity index (χ3v) is 3.18. The number of carbonyl (C=O) groups is 1. The summed E-state index contributed by atoms with van der Waals surface area (Å²) < 4.78 is 21.4. The number of ether oxygens (including phenoxy) is 4. The molecule has 0 spiro atoms. The molecule has 0 amide bonds. The van der Waals surface area contributed by atoms with E-state index in [1.807, 2.05) is 0 Å². The van der Waals surface area contributed by atoms with Crippen molar-refractivity contribution in [2.24, 2.45) is 0 Å². The molecular weight excluding hydrogens is 300 g/mol. The van der Waals surface area contributed by atoms with Crippen LogP contribution in [0.4, 0.5) is 0 Å². The first-order valence-corrected chi connectivity index (χ1v) is 6.86. The van der Waals surface area contributed by atoms with E-state index in [0.29, 0.717) is 34.3 Å². The topological polar surface area (TPSA) is 74.2 Å². The quantitative estimate of drug-likeness (QED) is 0.845. The Morgan fingerprint density at radius 2 is 1.57 bits per heavy atom. The molecule has 6 nitrogen and oxygen atoms in total. The van der Waals surface area contributed by atoms with Gasteiger partial charge in [0.2, 0.25) is 0 Å². The average Bonchev–Trinajstić information content (AvgIpc) is 2.55. The van der Waals surface area contributed by atoms with Crippen LogP contribution in [-0.4, -0.2) is 32.4 Å². The Morgan fingerprint density at radius 3 is 2.17 bits per heavy atom. The molecule has 0 heterocycles. The van der Waals surface area contributed by atoms with E-state index >= 15 is 0 Å². The van der Waals surface area contributed by atoms with Crippen LogP contribution in [0.25, 0.3) is 0 Å². The van der Waals surface area contributed by atoms with Crippen molar-refractivity contribution >= 4 is 5.97 Å². The third kappa shape index (κ3) is 4.06. The Hall–Kier alpha value is -2.89. The highest BCUT2D eigenvalue weighted by Gasteiger charge is 2.15. The lowest BCUT2D eigenvalue weighted by atomic mass is 10.1. The molecule has 0 aliphatic heterocycles. The van der Waals surface area contributed by atoms with Crippen LogP contribution < -0.4 is 18.9 Å². The maximum Gasteiger partial charge on any atom is 0.307 e. The van der Waals surface area contributed by atoms with Crippen LogP contribution in [0.1, 0.15) is 5.56 Å². The monoisotopic (exact) mass is 318 g/mol. The molecule has 0 atom stereocenters. The molecule has 1 N–H and O–H groups in total. The minimum Gasteiger partial charge on any atom is -0.497 e. The maximum atomic E-state index is 11.1. The fourth-order valence-corrected chi connectivity index (χ4v) is 2.09. The fraction of sp³-hybridized carbons (Fsp3) is 0.235. The zero-order valence-corrected chi connectivity index (χ0v) is 13.2. The highest BCUT2D eigenvalue weighted by Crippen LogP contribution is 2.37. The van der Waals surface area contributed by atoms with Crippen LogP contribution >= 0.6 is 0 Å². The summed E-state index contributed by atoms with van der Waals surface area (Å²) in [6.07, 6.45) is -0.195. The van der Waals surface area contributed by atoms with E-state index in [4.69, 9.17) is 24.1 Å². The maximum absolute atomic E-state index is 11.1. The molecule has 0 fully saturated rings. The van der Waals surface area contributed by atoms with Crippen LogP contribution in [0.2, 0.25) is 0 Å². The standard InChI is InChI=1S/C17H18O6/c1-20-12-5-4-6-13(9-12)23-14-10-16(22-3)15(21-2)7-11(14)8-17(18)19/h4-7,9-10H,8H2,1-3H3,(H,18,19). The summed E-state index contributed by atoms with van der Waals surface area (Å²) in [5.74, 6) is 1.50. The van der Waals surface area contributed by atoms with Crippen LogP contribution in [-0.2, 0) is 11.2 Å². The molecule has 0 radical (unpaired) electrons. The largest absolute Gasteiger partial charge is 0.497 e. The highest BCUT2D eigenvalue weighted by atomic mass is 16.5. The van der Waals surface area contributed by atoms with Crippen molar-refractivity contribution in [3.05, 3.63) is 42.0 Å². The molecule has 0 aliphatic rings. The smallest absolute Gasteiger partial charge is 0.307 e. The Bertz CT molecular complexity index is 695. The Balaban J connectivity index is 2.43. The lowest BCUT2D eigenvalue weighted by molar-refractivity contribution is -0.136. The van der Waals surface area contributed by atoms with Gasteiger partial charge in [0, 0.05) is 17.7 Å². The van der Waals surface area contributed by atoms with Gasteiger partial charge >= 0.3 is 5.97 Å². The van der Waals surface area contributed by atoms with Gasteiger partial charge in [0.25, 0.3) is 0 Å². The van der Waals surface area contributed by atoms with Gasteiger partial charge in [0.05, 0.1) is 27.8 Å². The number of aliphatic carboxylic acids is 1. The molecule has 23 heavy (non-hydrogen) atoms. The Labute approximate surface area is 134 Å². The zero-order valence-electron chi connectivity index (χ0n) is 13.2. The molecule has 0 saturated carbocycles. The van der Waals surface area contributed by atoms with Crippen molar-refractivity contribution < 1.29 is 28.8 Å². The molecular formula is C17H18O6. The van der Waals surface area contributed by atoms with Crippen molar-refractivity contribution in [1.82, 2.24) is 0 Å². The SMILES string of the molecule is COc1cccc(Oc2cc(OC)c(OC)cc2CC(=O)O)c1. The van der Waals surface area contributed by atoms with Gasteiger partial charge in [0.15, 0.2) is 11.5 Å². The number of carboxylic acids is 1. The van der Waals surface area contributed by atoms with Gasteiger partial charge in [-0.25, -0.2) is 0 Å². The van der Waals surface area contributed by atoms with Crippen molar-refractivity contribution in [2.75, 3.05) is 21.3 Å². The van der Waals surface area contributed by atoms with E-state index in [-0.39, 0.29) is 6.42 Å². The van der Waals surface area contributed by atoms with E-state index in [1.165, 1.54) is 14.2 Å². The van der Waals surface area contributed by atoms with Gasteiger partial charge in [-0.15, -0.1) is 0 Å². The summed E-state index contributed by atoms with van der Waals surface area (Å²) >= 11 is 0. The first-order chi connectivity index (χ1) is 11.1. The van der Waals surface area contributed by atoms with Crippen LogP contribution in [0, 0.1) is 0 Å². The van der Waals surface area contributed by atoms with Gasteiger partial charge in [-0.05, 0) is 18.2 Å². The van der Waals surface area contributed by atoms with E-state index in [9.17, 15) is 4.79 Å². The molecule has 0 bridgehead atoms. The summed E-state index contributed by atoms with van der Waals surface area (Å²) in [5, 5.41) is 9.08. The highest BCUT2D eigenvalue weighted by molar-refractivity contribution is 5.72. The zero-order chi connectivity index (χ0) is 16.8. The number of benzene rings is 2. The lowest BCUT2D eigenvalue weighted by Gasteiger charge is -2.15. The van der Waals surface area contributed by atoms with Gasteiger partial charge < -0.3 is 24.1 Å². The predicted molar refractivity (Wildman–Crippen MR) is 84.0 cm³/mol. The van der Waals surface area contributed by atoms with Crippen molar-refractivity contribution in [1.29, 1.82) is 0 Å². The number of carboxylic acid groups (broad SMARTS) is 1. The Kier molecular flexibility index (Phi) is 5.30. The van der Waals surface area contributed by atoms with Crippen molar-refractivity contribution in [3.63, 3.8) is 0 Å². The molecule has 2 rings (SSSR count). The molecule has 0 aliphatic carbocycles. The second kappa shape index (κ2) is 7.40. The summed E-state index contributed by atoms with van der Waals surface area (Å²) in [7, 11) is 4.56. The van der Waals surface area contributed by atoms with E-state index < -0.39 is 5.97 Å².